The largest absolute Gasteiger partial charge is 0.224 e. The molecule has 0 saturated carbocycles. The Balaban J connectivity index is 1.64. The summed E-state index contributed by atoms with van der Waals surface area (Å²) in [6, 6.07) is 40.5. The molecule has 0 aliphatic heterocycles. The number of fused-ring (bicyclic) bond motifs is 2. The van der Waals surface area contributed by atoms with Gasteiger partial charge < -0.3 is 0 Å². The maximum atomic E-state index is 12.1. The van der Waals surface area contributed by atoms with Crippen LogP contribution in [-0.4, -0.2) is 14.7 Å². The molecule has 0 unspecified atom stereocenters. The number of sulfone groups is 1. The van der Waals surface area contributed by atoms with Crippen molar-refractivity contribution in [2.75, 3.05) is 6.26 Å². The van der Waals surface area contributed by atoms with E-state index < -0.39 is 9.84 Å². The van der Waals surface area contributed by atoms with E-state index >= 15 is 0 Å². The van der Waals surface area contributed by atoms with Crippen molar-refractivity contribution in [3.63, 3.8) is 0 Å². The van der Waals surface area contributed by atoms with Crippen LogP contribution in [0.2, 0.25) is 0 Å². The van der Waals surface area contributed by atoms with E-state index in [4.69, 9.17) is 0 Å². The molecule has 38 heavy (non-hydrogen) atoms. The molecule has 0 N–H and O–H groups in total. The van der Waals surface area contributed by atoms with Crippen molar-refractivity contribution in [3.8, 4) is 11.1 Å². The fraction of sp³-hybridized carbons (Fsp3) is 0.0286. The molecular weight excluding hydrogens is 484 g/mol. The lowest BCUT2D eigenvalue weighted by molar-refractivity contribution is 0.602. The highest BCUT2D eigenvalue weighted by molar-refractivity contribution is 7.90. The lowest BCUT2D eigenvalue weighted by Gasteiger charge is -2.17. The molecule has 0 amide bonds. The molecular formula is C35H22O2S. The monoisotopic (exact) mass is 506 g/mol. The van der Waals surface area contributed by atoms with Gasteiger partial charge in [0.15, 0.2) is 9.84 Å². The summed E-state index contributed by atoms with van der Waals surface area (Å²) in [6.45, 7) is 0. The van der Waals surface area contributed by atoms with Crippen molar-refractivity contribution in [2.45, 2.75) is 4.90 Å². The zero-order valence-electron chi connectivity index (χ0n) is 20.7. The van der Waals surface area contributed by atoms with Crippen LogP contribution < -0.4 is 0 Å². The minimum Gasteiger partial charge on any atom is -0.224 e. The van der Waals surface area contributed by atoms with Crippen LogP contribution in [0.3, 0.4) is 0 Å². The quantitative estimate of drug-likeness (QED) is 0.219. The molecule has 2 nitrogen and oxygen atoms in total. The second-order valence-corrected chi connectivity index (χ2v) is 12.3. The maximum Gasteiger partial charge on any atom is 0.175 e. The average Bonchev–Trinajstić information content (AvgIpc) is 2.94. The van der Waals surface area contributed by atoms with Crippen LogP contribution in [0.5, 0.6) is 0 Å². The van der Waals surface area contributed by atoms with E-state index in [1.54, 1.807) is 12.1 Å². The standard InChI is InChI=1S/C35H22O2S/c1-38(36,37)27-17-15-21(16-18-27)26-19-25-14-13-24-6-3-9-29-28-8-2-5-22-11-12-23-7-4-10-30(34(23)32(22)28)31(20-26)35(25)33(24)29/h2-20H,1H3. The predicted octanol–water partition coefficient (Wildman–Crippen LogP) is 9.11. The van der Waals surface area contributed by atoms with Gasteiger partial charge in [-0.1, -0.05) is 91.0 Å². The molecule has 0 aliphatic carbocycles. The van der Waals surface area contributed by atoms with Crippen LogP contribution in [0, 0.1) is 0 Å². The van der Waals surface area contributed by atoms with Gasteiger partial charge >= 0.3 is 0 Å². The Morgan fingerprint density at radius 1 is 0.421 bits per heavy atom. The summed E-state index contributed by atoms with van der Waals surface area (Å²) in [6.07, 6.45) is 1.25. The van der Waals surface area contributed by atoms with Gasteiger partial charge in [0.2, 0.25) is 0 Å². The fourth-order valence-electron chi connectivity index (χ4n) is 6.35. The summed E-state index contributed by atoms with van der Waals surface area (Å²) in [5.74, 6) is 0. The summed E-state index contributed by atoms with van der Waals surface area (Å²) in [4.78, 5) is 0.334. The molecule has 0 bridgehead atoms. The lowest BCUT2D eigenvalue weighted by Crippen LogP contribution is -1.96. The van der Waals surface area contributed by atoms with Crippen molar-refractivity contribution in [3.05, 3.63) is 115 Å². The van der Waals surface area contributed by atoms with Gasteiger partial charge in [0.1, 0.15) is 0 Å². The first kappa shape index (κ1) is 21.6. The highest BCUT2D eigenvalue weighted by Gasteiger charge is 2.16. The van der Waals surface area contributed by atoms with Gasteiger partial charge in [-0.2, -0.15) is 0 Å². The molecule has 8 aromatic rings. The summed E-state index contributed by atoms with van der Waals surface area (Å²) in [7, 11) is -3.25. The minimum atomic E-state index is -3.25. The Morgan fingerprint density at radius 3 is 1.37 bits per heavy atom. The van der Waals surface area contributed by atoms with Gasteiger partial charge in [-0.05, 0) is 100 Å². The molecule has 0 spiro atoms. The van der Waals surface area contributed by atoms with Gasteiger partial charge in [0.25, 0.3) is 0 Å². The fourth-order valence-corrected chi connectivity index (χ4v) is 6.98. The predicted molar refractivity (Wildman–Crippen MR) is 161 cm³/mol. The minimum absolute atomic E-state index is 0.334. The molecule has 0 atom stereocenters. The van der Waals surface area contributed by atoms with E-state index in [9.17, 15) is 8.42 Å². The Morgan fingerprint density at radius 2 is 0.868 bits per heavy atom. The molecule has 0 aliphatic rings. The van der Waals surface area contributed by atoms with E-state index in [1.165, 1.54) is 70.9 Å². The molecule has 3 heteroatoms. The Kier molecular flexibility index (Phi) is 4.28. The second-order valence-electron chi connectivity index (χ2n) is 10.3. The number of rotatable bonds is 2. The maximum absolute atomic E-state index is 12.1. The van der Waals surface area contributed by atoms with Crippen LogP contribution >= 0.6 is 0 Å². The summed E-state index contributed by atoms with van der Waals surface area (Å²) >= 11 is 0. The summed E-state index contributed by atoms with van der Waals surface area (Å²) in [5, 5.41) is 14.9. The Bertz CT molecular complexity index is 2340. The molecule has 0 radical (unpaired) electrons. The van der Waals surface area contributed by atoms with Gasteiger partial charge in [-0.25, -0.2) is 8.42 Å². The third-order valence-electron chi connectivity index (χ3n) is 8.04. The Labute approximate surface area is 220 Å². The molecule has 8 rings (SSSR count). The third kappa shape index (κ3) is 2.97. The second kappa shape index (κ2) is 7.53. The molecule has 8 aromatic carbocycles. The molecule has 180 valence electrons. The first-order chi connectivity index (χ1) is 18.5. The lowest BCUT2D eigenvalue weighted by atomic mass is 9.86. The van der Waals surface area contributed by atoms with Crippen molar-refractivity contribution in [1.29, 1.82) is 0 Å². The average molecular weight is 507 g/mol. The highest BCUT2D eigenvalue weighted by Crippen LogP contribution is 2.44. The molecule has 0 fully saturated rings. The van der Waals surface area contributed by atoms with Crippen LogP contribution in [0.25, 0.3) is 75.8 Å². The topological polar surface area (TPSA) is 34.1 Å². The SMILES string of the molecule is CS(=O)(=O)c1ccc(-c2cc3ccc4cccc5c6cccc7ccc8cccc(c(c2)c3c45)c8c76)cc1. The van der Waals surface area contributed by atoms with Gasteiger partial charge in [-0.3, -0.25) is 0 Å². The van der Waals surface area contributed by atoms with E-state index in [1.807, 2.05) is 12.1 Å². The van der Waals surface area contributed by atoms with Gasteiger partial charge in [0, 0.05) is 6.26 Å². The number of benzene rings is 7. The van der Waals surface area contributed by atoms with E-state index in [0.29, 0.717) is 4.90 Å². The van der Waals surface area contributed by atoms with Crippen molar-refractivity contribution >= 4 is 74.5 Å². The first-order valence-corrected chi connectivity index (χ1v) is 14.6. The summed E-state index contributed by atoms with van der Waals surface area (Å²) in [5.41, 5.74) is 2.07. The zero-order chi connectivity index (χ0) is 25.6. The van der Waals surface area contributed by atoms with Gasteiger partial charge in [-0.15, -0.1) is 0 Å². The molecule has 0 aromatic heterocycles. The zero-order valence-corrected chi connectivity index (χ0v) is 21.5. The highest BCUT2D eigenvalue weighted by atomic mass is 32.2. The van der Waals surface area contributed by atoms with E-state index in [-0.39, 0.29) is 0 Å². The van der Waals surface area contributed by atoms with Crippen molar-refractivity contribution < 1.29 is 8.42 Å². The third-order valence-corrected chi connectivity index (χ3v) is 9.17. The number of hydrogen-bond acceptors (Lipinski definition) is 2. The summed E-state index contributed by atoms with van der Waals surface area (Å²) < 4.78 is 24.1. The van der Waals surface area contributed by atoms with E-state index in [2.05, 4.69) is 91.0 Å². The van der Waals surface area contributed by atoms with Crippen molar-refractivity contribution in [1.82, 2.24) is 0 Å². The van der Waals surface area contributed by atoms with Gasteiger partial charge in [0.05, 0.1) is 4.90 Å². The van der Waals surface area contributed by atoms with E-state index in [0.717, 1.165) is 11.1 Å². The first-order valence-electron chi connectivity index (χ1n) is 12.7. The Hall–Kier alpha value is -4.47. The normalized spacial score (nSPS) is 12.6. The molecule has 0 saturated heterocycles. The van der Waals surface area contributed by atoms with Crippen LogP contribution in [-0.2, 0) is 9.84 Å². The van der Waals surface area contributed by atoms with Crippen LogP contribution in [0.15, 0.2) is 120 Å². The number of hydrogen-bond donors (Lipinski definition) is 0. The smallest absolute Gasteiger partial charge is 0.175 e. The van der Waals surface area contributed by atoms with Crippen molar-refractivity contribution in [2.24, 2.45) is 0 Å². The van der Waals surface area contributed by atoms with Crippen LogP contribution in [0.4, 0.5) is 0 Å². The van der Waals surface area contributed by atoms with Crippen LogP contribution in [0.1, 0.15) is 0 Å². The molecule has 0 heterocycles.